The molecular formula is C12H19BrO5. The number of esters is 2. The molecule has 1 aliphatic heterocycles. The Hall–Kier alpha value is -0.620. The van der Waals surface area contributed by atoms with Crippen LogP contribution in [0, 0.1) is 5.92 Å². The summed E-state index contributed by atoms with van der Waals surface area (Å²) in [6.45, 7) is 6.59. The third-order valence-electron chi connectivity index (χ3n) is 3.00. The predicted molar refractivity (Wildman–Crippen MR) is 68.2 cm³/mol. The minimum Gasteiger partial charge on any atom is -0.458 e. The van der Waals surface area contributed by atoms with E-state index in [9.17, 15) is 9.59 Å². The molecule has 6 heteroatoms. The van der Waals surface area contributed by atoms with Crippen LogP contribution in [-0.4, -0.2) is 35.3 Å². The van der Waals surface area contributed by atoms with Crippen molar-refractivity contribution in [2.75, 3.05) is 0 Å². The number of hydrogen-bond donors (Lipinski definition) is 0. The van der Waals surface area contributed by atoms with Gasteiger partial charge in [0.1, 0.15) is 6.10 Å². The number of halogens is 1. The normalized spacial score (nSPS) is 35.9. The van der Waals surface area contributed by atoms with Crippen molar-refractivity contribution in [1.29, 1.82) is 0 Å². The van der Waals surface area contributed by atoms with Crippen molar-refractivity contribution in [3.63, 3.8) is 0 Å². The van der Waals surface area contributed by atoms with Gasteiger partial charge in [-0.15, -0.1) is 0 Å². The minimum atomic E-state index is -0.621. The average Bonchev–Trinajstić information content (AvgIpc) is 2.27. The van der Waals surface area contributed by atoms with Gasteiger partial charge in [0.05, 0.1) is 6.10 Å². The van der Waals surface area contributed by atoms with Gasteiger partial charge in [0.15, 0.2) is 11.1 Å². The summed E-state index contributed by atoms with van der Waals surface area (Å²) in [6, 6.07) is 0. The first kappa shape index (κ1) is 15.4. The predicted octanol–water partition coefficient (Wildman–Crippen LogP) is 2.02. The molecule has 1 saturated heterocycles. The number of rotatable bonds is 3. The van der Waals surface area contributed by atoms with E-state index in [2.05, 4.69) is 15.9 Å². The fourth-order valence-corrected chi connectivity index (χ4v) is 2.86. The summed E-state index contributed by atoms with van der Waals surface area (Å²) in [5.74, 6) is -0.843. The van der Waals surface area contributed by atoms with Gasteiger partial charge >= 0.3 is 11.9 Å². The molecule has 0 saturated carbocycles. The third kappa shape index (κ3) is 3.68. The number of alkyl halides is 1. The quantitative estimate of drug-likeness (QED) is 0.587. The standard InChI is InChI=1S/C12H19BrO5/c1-5-9-6(2)10(16-7(3)14)11(12(13)18-9)17-8(4)15/h6,9-12H,5H2,1-4H3/t6-,9-,10+,11+,12?/m1/s1. The van der Waals surface area contributed by atoms with E-state index >= 15 is 0 Å². The maximum atomic E-state index is 11.2. The first-order valence-corrected chi connectivity index (χ1v) is 6.92. The van der Waals surface area contributed by atoms with E-state index in [1.165, 1.54) is 13.8 Å². The Morgan fingerprint density at radius 3 is 2.11 bits per heavy atom. The fourth-order valence-electron chi connectivity index (χ4n) is 2.17. The molecule has 0 aromatic carbocycles. The van der Waals surface area contributed by atoms with E-state index < -0.39 is 23.2 Å². The van der Waals surface area contributed by atoms with E-state index in [1.807, 2.05) is 13.8 Å². The van der Waals surface area contributed by atoms with Crippen molar-refractivity contribution in [3.05, 3.63) is 0 Å². The van der Waals surface area contributed by atoms with Crippen LogP contribution < -0.4 is 0 Å². The highest BCUT2D eigenvalue weighted by Crippen LogP contribution is 2.34. The van der Waals surface area contributed by atoms with Gasteiger partial charge in [0, 0.05) is 19.8 Å². The lowest BCUT2D eigenvalue weighted by Gasteiger charge is -2.42. The molecule has 104 valence electrons. The second-order valence-corrected chi connectivity index (χ2v) is 5.34. The van der Waals surface area contributed by atoms with Crippen LogP contribution in [0.2, 0.25) is 0 Å². The molecule has 0 spiro atoms. The van der Waals surface area contributed by atoms with E-state index in [0.717, 1.165) is 6.42 Å². The van der Waals surface area contributed by atoms with Crippen LogP contribution in [0.25, 0.3) is 0 Å². The zero-order valence-corrected chi connectivity index (χ0v) is 12.6. The van der Waals surface area contributed by atoms with Crippen LogP contribution in [0.3, 0.4) is 0 Å². The molecule has 1 unspecified atom stereocenters. The molecule has 1 heterocycles. The molecule has 1 fully saturated rings. The van der Waals surface area contributed by atoms with Gasteiger partial charge in [-0.3, -0.25) is 9.59 Å². The summed E-state index contributed by atoms with van der Waals surface area (Å²) in [4.78, 5) is 22.3. The highest BCUT2D eigenvalue weighted by atomic mass is 79.9. The van der Waals surface area contributed by atoms with Gasteiger partial charge < -0.3 is 14.2 Å². The summed E-state index contributed by atoms with van der Waals surface area (Å²) in [5.41, 5.74) is 0. The Balaban J connectivity index is 2.89. The highest BCUT2D eigenvalue weighted by molar-refractivity contribution is 9.09. The molecule has 0 aliphatic carbocycles. The van der Waals surface area contributed by atoms with Gasteiger partial charge in [-0.05, 0) is 6.42 Å². The largest absolute Gasteiger partial charge is 0.458 e. The maximum absolute atomic E-state index is 11.2. The number of ether oxygens (including phenoxy) is 3. The Morgan fingerprint density at radius 1 is 1.17 bits per heavy atom. The Kier molecular flexibility index (Phi) is 5.59. The first-order chi connectivity index (χ1) is 8.36. The highest BCUT2D eigenvalue weighted by Gasteiger charge is 2.46. The molecule has 5 nitrogen and oxygen atoms in total. The molecule has 0 bridgehead atoms. The van der Waals surface area contributed by atoms with Gasteiger partial charge in [-0.2, -0.15) is 0 Å². The van der Waals surface area contributed by atoms with Crippen molar-refractivity contribution in [1.82, 2.24) is 0 Å². The SMILES string of the molecule is CC[C@H]1OC(Br)[C@@H](OC(C)=O)[C@@H](OC(C)=O)[C@@H]1C. The van der Waals surface area contributed by atoms with Crippen LogP contribution >= 0.6 is 15.9 Å². The van der Waals surface area contributed by atoms with Crippen LogP contribution in [0.4, 0.5) is 0 Å². The summed E-state index contributed by atoms with van der Waals surface area (Å²) < 4.78 is 16.2. The molecule has 0 aromatic rings. The van der Waals surface area contributed by atoms with Gasteiger partial charge in [0.25, 0.3) is 0 Å². The Bertz CT molecular complexity index is 320. The van der Waals surface area contributed by atoms with Crippen molar-refractivity contribution in [3.8, 4) is 0 Å². The Labute approximate surface area is 115 Å². The maximum Gasteiger partial charge on any atom is 0.303 e. The smallest absolute Gasteiger partial charge is 0.303 e. The molecule has 5 atom stereocenters. The Morgan fingerprint density at radius 2 is 1.67 bits per heavy atom. The van der Waals surface area contributed by atoms with Crippen LogP contribution in [0.15, 0.2) is 0 Å². The van der Waals surface area contributed by atoms with Crippen LogP contribution in [0.1, 0.15) is 34.1 Å². The molecule has 0 radical (unpaired) electrons. The van der Waals surface area contributed by atoms with Crippen molar-refractivity contribution in [2.45, 2.75) is 57.4 Å². The summed E-state index contributed by atoms with van der Waals surface area (Å²) >= 11 is 3.33. The van der Waals surface area contributed by atoms with E-state index in [1.54, 1.807) is 0 Å². The van der Waals surface area contributed by atoms with Crippen molar-refractivity contribution < 1.29 is 23.8 Å². The fraction of sp³-hybridized carbons (Fsp3) is 0.833. The zero-order valence-electron chi connectivity index (χ0n) is 11.0. The molecule has 0 aromatic heterocycles. The topological polar surface area (TPSA) is 61.8 Å². The lowest BCUT2D eigenvalue weighted by atomic mass is 9.90. The van der Waals surface area contributed by atoms with Crippen LogP contribution in [-0.2, 0) is 23.8 Å². The second-order valence-electron chi connectivity index (χ2n) is 4.44. The van der Waals surface area contributed by atoms with Gasteiger partial charge in [-0.25, -0.2) is 0 Å². The van der Waals surface area contributed by atoms with E-state index in [0.29, 0.717) is 0 Å². The number of carbonyl (C=O) groups is 2. The monoisotopic (exact) mass is 322 g/mol. The molecule has 0 N–H and O–H groups in total. The number of hydrogen-bond acceptors (Lipinski definition) is 5. The zero-order chi connectivity index (χ0) is 13.9. The van der Waals surface area contributed by atoms with Crippen molar-refractivity contribution >= 4 is 27.9 Å². The van der Waals surface area contributed by atoms with Crippen molar-refractivity contribution in [2.24, 2.45) is 5.92 Å². The van der Waals surface area contributed by atoms with Gasteiger partial charge in [0.2, 0.25) is 0 Å². The summed E-state index contributed by atoms with van der Waals surface area (Å²) in [5, 5.41) is -0.466. The third-order valence-corrected chi connectivity index (χ3v) is 3.73. The summed E-state index contributed by atoms with van der Waals surface area (Å²) in [7, 11) is 0. The minimum absolute atomic E-state index is 0.0305. The van der Waals surface area contributed by atoms with Gasteiger partial charge in [-0.1, -0.05) is 29.8 Å². The number of carbonyl (C=O) groups excluding carboxylic acids is 2. The lowest BCUT2D eigenvalue weighted by molar-refractivity contribution is -0.206. The first-order valence-electron chi connectivity index (χ1n) is 6.00. The molecular weight excluding hydrogens is 304 g/mol. The van der Waals surface area contributed by atoms with E-state index in [4.69, 9.17) is 14.2 Å². The molecule has 18 heavy (non-hydrogen) atoms. The molecule has 1 aliphatic rings. The van der Waals surface area contributed by atoms with E-state index in [-0.39, 0.29) is 18.0 Å². The van der Waals surface area contributed by atoms with Crippen LogP contribution in [0.5, 0.6) is 0 Å². The molecule has 1 rings (SSSR count). The lowest BCUT2D eigenvalue weighted by Crippen LogP contribution is -2.54. The summed E-state index contributed by atoms with van der Waals surface area (Å²) in [6.07, 6.45) is -0.349. The second kappa shape index (κ2) is 6.52. The molecule has 0 amide bonds. The average molecular weight is 323 g/mol.